The largest absolute Gasteiger partial charge is 0.0859 e. The van der Waals surface area contributed by atoms with E-state index in [1.165, 1.54) is 25.7 Å². The highest BCUT2D eigenvalue weighted by atomic mass is 14.9. The first-order valence-corrected chi connectivity index (χ1v) is 12.2. The van der Waals surface area contributed by atoms with Gasteiger partial charge in [-0.3, -0.25) is 0 Å². The predicted octanol–water partition coefficient (Wildman–Crippen LogP) is 6.75. The van der Waals surface area contributed by atoms with Gasteiger partial charge in [-0.05, 0) is 109 Å². The molecule has 26 heavy (non-hydrogen) atoms. The Morgan fingerprint density at radius 1 is 1.08 bits per heavy atom. The molecule has 0 bridgehead atoms. The quantitative estimate of drug-likeness (QED) is 0.491. The minimum absolute atomic E-state index is 0. The summed E-state index contributed by atoms with van der Waals surface area (Å²) in [6, 6.07) is 0. The van der Waals surface area contributed by atoms with Crippen LogP contribution in [0.5, 0.6) is 0 Å². The van der Waals surface area contributed by atoms with E-state index < -0.39 is 0 Å². The van der Waals surface area contributed by atoms with Crippen LogP contribution >= 0.6 is 0 Å². The number of hydrogen-bond acceptors (Lipinski definition) is 0. The van der Waals surface area contributed by atoms with Crippen molar-refractivity contribution in [3.05, 3.63) is 0 Å². The highest BCUT2D eigenvalue weighted by molar-refractivity contribution is 6.08. The summed E-state index contributed by atoms with van der Waals surface area (Å²) in [5, 5.41) is 0. The van der Waals surface area contributed by atoms with E-state index in [-0.39, 0.29) is 1.43 Å². The number of hydrogen-bond donors (Lipinski definition) is 0. The highest BCUT2D eigenvalue weighted by Gasteiger charge is 2.91. The maximum atomic E-state index is 6.17. The standard InChI is InChI=1S/C25H39B.H2/c1-4-5-16-6-7-19-17-10-11-23(3)18(15(2)13-26)8-9-20-22(23)21(17)25(20)14-24(19,25)12-16;/h15-22H,4-14H2,1-3H3;1H/t15-,16-,17?,18?,19+,20?,21?,22?,23+,24?,25?;/m0./s1. The second-order valence-corrected chi connectivity index (χ2v) is 12.2. The van der Waals surface area contributed by atoms with Gasteiger partial charge >= 0.3 is 0 Å². The molecular weight excluding hydrogens is 311 g/mol. The fraction of sp³-hybridized carbons (Fsp3) is 1.00. The highest BCUT2D eigenvalue weighted by Crippen LogP contribution is 2.96. The average molecular weight is 352 g/mol. The van der Waals surface area contributed by atoms with Crippen molar-refractivity contribution in [3.63, 3.8) is 0 Å². The van der Waals surface area contributed by atoms with Gasteiger partial charge < -0.3 is 0 Å². The van der Waals surface area contributed by atoms with Gasteiger partial charge in [-0.2, -0.15) is 0 Å². The lowest BCUT2D eigenvalue weighted by Crippen LogP contribution is -2.64. The normalized spacial score (nSPS) is 62.5. The molecule has 0 saturated heterocycles. The van der Waals surface area contributed by atoms with Gasteiger partial charge in [0.2, 0.25) is 0 Å². The Kier molecular flexibility index (Phi) is 3.36. The first kappa shape index (κ1) is 17.0. The van der Waals surface area contributed by atoms with Crippen molar-refractivity contribution in [2.45, 2.75) is 91.3 Å². The Hall–Kier alpha value is 0.0649. The smallest absolute Gasteiger partial charge is 0.0656 e. The molecule has 6 rings (SSSR count). The third kappa shape index (κ3) is 1.61. The van der Waals surface area contributed by atoms with Gasteiger partial charge in [0.05, 0.1) is 7.85 Å². The van der Waals surface area contributed by atoms with Crippen LogP contribution in [0, 0.1) is 63.6 Å². The summed E-state index contributed by atoms with van der Waals surface area (Å²) in [5.74, 6) is 8.35. The zero-order valence-electron chi connectivity index (χ0n) is 17.5. The monoisotopic (exact) mass is 352 g/mol. The molecular formula is C25H41B. The van der Waals surface area contributed by atoms with E-state index in [9.17, 15) is 0 Å². The number of rotatable bonds is 4. The predicted molar refractivity (Wildman–Crippen MR) is 111 cm³/mol. The molecule has 11 atom stereocenters. The molecule has 6 aliphatic rings. The van der Waals surface area contributed by atoms with Crippen LogP contribution in [0.4, 0.5) is 0 Å². The Balaban J connectivity index is 0.00000160. The zero-order chi connectivity index (χ0) is 17.9. The van der Waals surface area contributed by atoms with Gasteiger partial charge in [-0.25, -0.2) is 0 Å². The molecule has 6 aliphatic carbocycles. The molecule has 2 radical (unpaired) electrons. The second kappa shape index (κ2) is 5.15. The molecule has 144 valence electrons. The summed E-state index contributed by atoms with van der Waals surface area (Å²) in [7, 11) is 6.17. The fourth-order valence-electron chi connectivity index (χ4n) is 11.4. The first-order valence-electron chi connectivity index (χ1n) is 12.2. The van der Waals surface area contributed by atoms with Crippen LogP contribution < -0.4 is 0 Å². The van der Waals surface area contributed by atoms with E-state index in [0.29, 0.717) is 5.41 Å². The van der Waals surface area contributed by atoms with E-state index >= 15 is 0 Å². The Morgan fingerprint density at radius 3 is 2.65 bits per heavy atom. The van der Waals surface area contributed by atoms with Crippen LogP contribution in [0.15, 0.2) is 0 Å². The maximum absolute atomic E-state index is 6.17. The topological polar surface area (TPSA) is 0 Å². The Labute approximate surface area is 164 Å². The molecule has 1 heteroatoms. The summed E-state index contributed by atoms with van der Waals surface area (Å²) < 4.78 is 0. The van der Waals surface area contributed by atoms with E-state index in [0.717, 1.165) is 64.5 Å². The molecule has 0 heterocycles. The van der Waals surface area contributed by atoms with Gasteiger partial charge in [0.25, 0.3) is 0 Å². The lowest BCUT2D eigenvalue weighted by Gasteiger charge is -2.70. The van der Waals surface area contributed by atoms with Crippen LogP contribution in [0.3, 0.4) is 0 Å². The van der Waals surface area contributed by atoms with Gasteiger partial charge in [-0.15, -0.1) is 0 Å². The molecule has 0 amide bonds. The van der Waals surface area contributed by atoms with Crippen LogP contribution in [-0.2, 0) is 0 Å². The number of fused-ring (bicyclic) bond motifs is 1. The molecule has 0 aromatic carbocycles. The molecule has 6 saturated carbocycles. The van der Waals surface area contributed by atoms with Crippen LogP contribution in [0.1, 0.15) is 86.4 Å². The maximum Gasteiger partial charge on any atom is 0.0656 e. The minimum atomic E-state index is 0. The van der Waals surface area contributed by atoms with E-state index in [1.807, 2.05) is 0 Å². The molecule has 0 nitrogen and oxygen atoms in total. The van der Waals surface area contributed by atoms with Crippen molar-refractivity contribution in [1.29, 1.82) is 0 Å². The van der Waals surface area contributed by atoms with Crippen molar-refractivity contribution in [3.8, 4) is 0 Å². The zero-order valence-corrected chi connectivity index (χ0v) is 17.5. The van der Waals surface area contributed by atoms with Gasteiger partial charge in [0.1, 0.15) is 0 Å². The minimum Gasteiger partial charge on any atom is -0.0859 e. The Morgan fingerprint density at radius 2 is 1.88 bits per heavy atom. The lowest BCUT2D eigenvalue weighted by atomic mass is 9.35. The van der Waals surface area contributed by atoms with Crippen molar-refractivity contribution in [2.75, 3.05) is 0 Å². The van der Waals surface area contributed by atoms with Gasteiger partial charge in [0, 0.05) is 1.43 Å². The average Bonchev–Trinajstić information content (AvgIpc) is 3.25. The van der Waals surface area contributed by atoms with Gasteiger partial charge in [0.15, 0.2) is 0 Å². The SMILES string of the molecule is [B]C[C@H](C)C1CCC2C3C4C(CC[C@@]31C)[C@H]1CC[C@H](CCC)CC13CC243.[HH]. The van der Waals surface area contributed by atoms with Gasteiger partial charge in [-0.1, -0.05) is 46.4 Å². The molecule has 0 aromatic heterocycles. The van der Waals surface area contributed by atoms with Crippen molar-refractivity contribution in [1.82, 2.24) is 0 Å². The van der Waals surface area contributed by atoms with Crippen molar-refractivity contribution >= 4 is 7.85 Å². The summed E-state index contributed by atoms with van der Waals surface area (Å²) in [5.41, 5.74) is 2.34. The molecule has 0 aliphatic heterocycles. The lowest BCUT2D eigenvalue weighted by molar-refractivity contribution is -0.218. The summed E-state index contributed by atoms with van der Waals surface area (Å²) >= 11 is 0. The molecule has 7 unspecified atom stereocenters. The summed E-state index contributed by atoms with van der Waals surface area (Å²) in [6.45, 7) is 7.59. The van der Waals surface area contributed by atoms with E-state index in [2.05, 4.69) is 20.8 Å². The van der Waals surface area contributed by atoms with Crippen LogP contribution in [-0.4, -0.2) is 7.85 Å². The molecule has 0 N–H and O–H groups in total. The summed E-state index contributed by atoms with van der Waals surface area (Å²) in [6.07, 6.45) is 16.5. The molecule has 2 spiro atoms. The fourth-order valence-corrected chi connectivity index (χ4v) is 11.4. The summed E-state index contributed by atoms with van der Waals surface area (Å²) in [4.78, 5) is 0. The molecule has 0 aromatic rings. The van der Waals surface area contributed by atoms with E-state index in [4.69, 9.17) is 7.85 Å². The first-order chi connectivity index (χ1) is 12.5. The second-order valence-electron chi connectivity index (χ2n) is 12.2. The Bertz CT molecular complexity index is 619. The van der Waals surface area contributed by atoms with Crippen molar-refractivity contribution < 1.29 is 1.43 Å². The third-order valence-corrected chi connectivity index (χ3v) is 11.9. The van der Waals surface area contributed by atoms with Crippen LogP contribution in [0.2, 0.25) is 6.32 Å². The van der Waals surface area contributed by atoms with Crippen LogP contribution in [0.25, 0.3) is 0 Å². The third-order valence-electron chi connectivity index (χ3n) is 11.9. The van der Waals surface area contributed by atoms with E-state index in [1.54, 1.807) is 38.5 Å². The molecule has 6 fully saturated rings. The van der Waals surface area contributed by atoms with Crippen molar-refractivity contribution in [2.24, 2.45) is 63.6 Å².